The number of carbonyl (C=O) groups is 2. The number of carboxylic acids is 1. The fraction of sp³-hybridized carbons (Fsp3) is 0.625. The molecule has 0 aromatic rings. The summed E-state index contributed by atoms with van der Waals surface area (Å²) in [7, 11) is 0. The molecule has 0 rings (SSSR count). The average Bonchev–Trinajstić information content (AvgIpc) is 2.12. The maximum Gasteiger partial charge on any atom is 0.305 e. The summed E-state index contributed by atoms with van der Waals surface area (Å²) < 4.78 is 0. The van der Waals surface area contributed by atoms with E-state index in [1.54, 1.807) is 6.92 Å². The van der Waals surface area contributed by atoms with Crippen molar-refractivity contribution in [1.82, 2.24) is 5.32 Å². The van der Waals surface area contributed by atoms with Crippen molar-refractivity contribution in [3.8, 4) is 6.07 Å². The number of hydrogen-bond donors (Lipinski definition) is 3. The number of nitrogens with one attached hydrogen (secondary N) is 1. The van der Waals surface area contributed by atoms with Crippen molar-refractivity contribution >= 4 is 11.9 Å². The zero-order chi connectivity index (χ0) is 11.1. The molecule has 6 heteroatoms. The zero-order valence-electron chi connectivity index (χ0n) is 7.86. The minimum atomic E-state index is -1.12. The fourth-order valence-corrected chi connectivity index (χ4v) is 0.711. The number of carboxylic acid groups (broad SMARTS) is 1. The maximum atomic E-state index is 11.1. The molecule has 0 aromatic carbocycles. The predicted octanol–water partition coefficient (Wildman–Crippen LogP) is -0.936. The van der Waals surface area contributed by atoms with Gasteiger partial charge in [0.05, 0.1) is 24.4 Å². The van der Waals surface area contributed by atoms with Crippen LogP contribution in [0.15, 0.2) is 0 Å². The quantitative estimate of drug-likeness (QED) is 0.528. The van der Waals surface area contributed by atoms with Crippen molar-refractivity contribution in [2.45, 2.75) is 19.4 Å². The molecule has 0 bridgehead atoms. The first-order chi connectivity index (χ1) is 6.47. The van der Waals surface area contributed by atoms with E-state index in [1.165, 1.54) is 0 Å². The van der Waals surface area contributed by atoms with Crippen molar-refractivity contribution in [2.75, 3.05) is 6.54 Å². The van der Waals surface area contributed by atoms with Gasteiger partial charge >= 0.3 is 5.97 Å². The van der Waals surface area contributed by atoms with Crippen molar-refractivity contribution in [3.63, 3.8) is 0 Å². The Labute approximate surface area is 81.7 Å². The second-order valence-corrected chi connectivity index (χ2v) is 2.98. The van der Waals surface area contributed by atoms with Crippen LogP contribution in [0.2, 0.25) is 0 Å². The highest BCUT2D eigenvalue weighted by Crippen LogP contribution is 1.91. The SMILES string of the molecule is CC(C#N)CNC(=O)C(N)CC(=O)O. The van der Waals surface area contributed by atoms with Crippen LogP contribution in [0.1, 0.15) is 13.3 Å². The van der Waals surface area contributed by atoms with Crippen LogP contribution in [-0.2, 0) is 9.59 Å². The summed E-state index contributed by atoms with van der Waals surface area (Å²) in [6, 6.07) is 0.871. The number of amides is 1. The molecule has 1 amide bonds. The second kappa shape index (κ2) is 5.94. The van der Waals surface area contributed by atoms with E-state index in [9.17, 15) is 9.59 Å². The van der Waals surface area contributed by atoms with E-state index in [1.807, 2.05) is 6.07 Å². The average molecular weight is 199 g/mol. The molecule has 4 N–H and O–H groups in total. The molecule has 0 aliphatic rings. The van der Waals surface area contributed by atoms with Gasteiger partial charge in [-0.05, 0) is 6.92 Å². The molecule has 0 saturated carbocycles. The Hall–Kier alpha value is -1.61. The number of hydrogen-bond acceptors (Lipinski definition) is 4. The zero-order valence-corrected chi connectivity index (χ0v) is 7.86. The lowest BCUT2D eigenvalue weighted by Crippen LogP contribution is -2.43. The minimum Gasteiger partial charge on any atom is -0.481 e. The van der Waals surface area contributed by atoms with Gasteiger partial charge in [-0.3, -0.25) is 9.59 Å². The first kappa shape index (κ1) is 12.4. The largest absolute Gasteiger partial charge is 0.481 e. The van der Waals surface area contributed by atoms with E-state index in [4.69, 9.17) is 16.1 Å². The van der Waals surface area contributed by atoms with Gasteiger partial charge in [0.2, 0.25) is 5.91 Å². The molecular formula is C8H13N3O3. The monoisotopic (exact) mass is 199 g/mol. The lowest BCUT2D eigenvalue weighted by atomic mass is 10.2. The number of nitrogens with two attached hydrogens (primary N) is 1. The normalized spacial score (nSPS) is 13.8. The molecule has 2 atom stereocenters. The third kappa shape index (κ3) is 5.11. The van der Waals surface area contributed by atoms with E-state index >= 15 is 0 Å². The van der Waals surface area contributed by atoms with E-state index in [0.717, 1.165) is 0 Å². The second-order valence-electron chi connectivity index (χ2n) is 2.98. The molecule has 0 aromatic heterocycles. The lowest BCUT2D eigenvalue weighted by molar-refractivity contribution is -0.139. The highest BCUT2D eigenvalue weighted by atomic mass is 16.4. The molecule has 0 heterocycles. The summed E-state index contributed by atoms with van der Waals surface area (Å²) in [5.41, 5.74) is 5.27. The molecule has 0 fully saturated rings. The molecule has 6 nitrogen and oxygen atoms in total. The Kier molecular flexibility index (Phi) is 5.26. The summed E-state index contributed by atoms with van der Waals surface area (Å²) in [5.74, 6) is -1.98. The predicted molar refractivity (Wildman–Crippen MR) is 48.0 cm³/mol. The number of nitriles is 1. The first-order valence-electron chi connectivity index (χ1n) is 4.12. The summed E-state index contributed by atoms with van der Waals surface area (Å²) in [5, 5.41) is 19.1. The van der Waals surface area contributed by atoms with Crippen molar-refractivity contribution in [3.05, 3.63) is 0 Å². The van der Waals surface area contributed by atoms with Crippen LogP contribution in [0.4, 0.5) is 0 Å². The van der Waals surface area contributed by atoms with E-state index in [0.29, 0.717) is 0 Å². The van der Waals surface area contributed by atoms with Gasteiger partial charge in [0, 0.05) is 6.54 Å². The standard InChI is InChI=1S/C8H13N3O3/c1-5(3-9)4-11-8(14)6(10)2-7(12)13/h5-6H,2,4,10H2,1H3,(H,11,14)(H,12,13). The molecule has 0 radical (unpaired) electrons. The van der Waals surface area contributed by atoms with Gasteiger partial charge in [0.15, 0.2) is 0 Å². The minimum absolute atomic E-state index is 0.183. The van der Waals surface area contributed by atoms with Gasteiger partial charge in [-0.2, -0.15) is 5.26 Å². The molecule has 0 saturated heterocycles. The third-order valence-electron chi connectivity index (χ3n) is 1.53. The third-order valence-corrected chi connectivity index (χ3v) is 1.53. The van der Waals surface area contributed by atoms with Crippen LogP contribution in [0.3, 0.4) is 0 Å². The summed E-state index contributed by atoms with van der Waals surface area (Å²) in [6.45, 7) is 1.83. The molecule has 0 spiro atoms. The number of rotatable bonds is 5. The topological polar surface area (TPSA) is 116 Å². The van der Waals surface area contributed by atoms with E-state index in [2.05, 4.69) is 5.32 Å². The summed E-state index contributed by atoms with van der Waals surface area (Å²) in [6.07, 6.45) is -0.410. The van der Waals surface area contributed by atoms with Gasteiger partial charge in [0.25, 0.3) is 0 Å². The highest BCUT2D eigenvalue weighted by Gasteiger charge is 2.16. The van der Waals surface area contributed by atoms with E-state index < -0.39 is 24.3 Å². The van der Waals surface area contributed by atoms with Gasteiger partial charge in [0.1, 0.15) is 0 Å². The molecular weight excluding hydrogens is 186 g/mol. The van der Waals surface area contributed by atoms with Crippen molar-refractivity contribution in [2.24, 2.45) is 11.7 Å². The molecule has 0 aliphatic heterocycles. The Bertz CT molecular complexity index is 259. The van der Waals surface area contributed by atoms with Crippen LogP contribution < -0.4 is 11.1 Å². The smallest absolute Gasteiger partial charge is 0.305 e. The van der Waals surface area contributed by atoms with Crippen molar-refractivity contribution < 1.29 is 14.7 Å². The number of aliphatic carboxylic acids is 1. The lowest BCUT2D eigenvalue weighted by Gasteiger charge is -2.10. The van der Waals surface area contributed by atoms with Gasteiger partial charge in [-0.25, -0.2) is 0 Å². The molecule has 14 heavy (non-hydrogen) atoms. The maximum absolute atomic E-state index is 11.1. The van der Waals surface area contributed by atoms with E-state index in [-0.39, 0.29) is 12.5 Å². The van der Waals surface area contributed by atoms with Crippen LogP contribution >= 0.6 is 0 Å². The van der Waals surface area contributed by atoms with Crippen LogP contribution in [0.5, 0.6) is 0 Å². The Balaban J connectivity index is 3.85. The fourth-order valence-electron chi connectivity index (χ4n) is 0.711. The van der Waals surface area contributed by atoms with Crippen LogP contribution in [0.25, 0.3) is 0 Å². The van der Waals surface area contributed by atoms with Crippen LogP contribution in [0, 0.1) is 17.2 Å². The Morgan fingerprint density at radius 3 is 2.64 bits per heavy atom. The first-order valence-corrected chi connectivity index (χ1v) is 4.12. The molecule has 78 valence electrons. The Morgan fingerprint density at radius 1 is 1.64 bits per heavy atom. The van der Waals surface area contributed by atoms with Gasteiger partial charge in [-0.15, -0.1) is 0 Å². The Morgan fingerprint density at radius 2 is 2.21 bits per heavy atom. The van der Waals surface area contributed by atoms with Gasteiger partial charge < -0.3 is 16.2 Å². The van der Waals surface area contributed by atoms with Crippen LogP contribution in [-0.4, -0.2) is 29.6 Å². The number of carbonyl (C=O) groups excluding carboxylic acids is 1. The summed E-state index contributed by atoms with van der Waals surface area (Å²) >= 11 is 0. The van der Waals surface area contributed by atoms with Crippen molar-refractivity contribution in [1.29, 1.82) is 5.26 Å². The molecule has 0 aliphatic carbocycles. The number of nitrogens with zero attached hydrogens (tertiary/aromatic N) is 1. The highest BCUT2D eigenvalue weighted by molar-refractivity contribution is 5.85. The molecule has 2 unspecified atom stereocenters. The van der Waals surface area contributed by atoms with Gasteiger partial charge in [-0.1, -0.05) is 0 Å². The summed E-state index contributed by atoms with van der Waals surface area (Å²) in [4.78, 5) is 21.3.